The van der Waals surface area contributed by atoms with Gasteiger partial charge in [0.25, 0.3) is 0 Å². The highest BCUT2D eigenvalue weighted by Crippen LogP contribution is 2.36. The molecule has 9 heteroatoms. The summed E-state index contributed by atoms with van der Waals surface area (Å²) in [6.45, 7) is 4.59. The largest absolute Gasteiger partial charge is 0.493 e. The minimum absolute atomic E-state index is 0.0684. The molecular formula is C22H27ClN2O5S. The first-order valence-electron chi connectivity index (χ1n) is 9.79. The lowest BCUT2D eigenvalue weighted by Crippen LogP contribution is -2.34. The van der Waals surface area contributed by atoms with Crippen LogP contribution in [0.1, 0.15) is 24.5 Å². The van der Waals surface area contributed by atoms with E-state index in [2.05, 4.69) is 10.0 Å². The van der Waals surface area contributed by atoms with E-state index < -0.39 is 10.0 Å². The maximum atomic E-state index is 12.2. The minimum Gasteiger partial charge on any atom is -0.493 e. The van der Waals surface area contributed by atoms with Crippen molar-refractivity contribution in [2.75, 3.05) is 26.8 Å². The maximum Gasteiger partial charge on any atom is 0.244 e. The van der Waals surface area contributed by atoms with Crippen LogP contribution < -0.4 is 19.5 Å². The first kappa shape index (κ1) is 24.7. The fourth-order valence-corrected chi connectivity index (χ4v) is 3.89. The molecule has 0 unspecified atom stereocenters. The molecule has 2 N–H and O–H groups in total. The third kappa shape index (κ3) is 7.57. The summed E-state index contributed by atoms with van der Waals surface area (Å²) >= 11 is 6.26. The van der Waals surface area contributed by atoms with Gasteiger partial charge in [-0.05, 0) is 49.2 Å². The molecule has 168 valence electrons. The number of carbonyl (C=O) groups is 1. The Labute approximate surface area is 188 Å². The minimum atomic E-state index is -3.61. The molecular weight excluding hydrogens is 440 g/mol. The Bertz CT molecular complexity index is 1020. The standard InChI is InChI=1S/C22H27ClN2O5S/c1-4-13-30-22-19(23)14-17(15-20(22)29-3)7-10-21(26)24-11-12-25-31(27,28)18-8-5-16(2)6-9-18/h5-10,14-15,25H,4,11-13H2,1-3H3,(H,24,26)/b10-7+. The fourth-order valence-electron chi connectivity index (χ4n) is 2.58. The number of rotatable bonds is 11. The van der Waals surface area contributed by atoms with Crippen LogP contribution in [-0.2, 0) is 14.8 Å². The van der Waals surface area contributed by atoms with Gasteiger partial charge in [-0.15, -0.1) is 0 Å². The van der Waals surface area contributed by atoms with E-state index in [1.165, 1.54) is 25.3 Å². The van der Waals surface area contributed by atoms with E-state index in [1.807, 2.05) is 13.8 Å². The van der Waals surface area contributed by atoms with Crippen LogP contribution in [-0.4, -0.2) is 41.1 Å². The summed E-state index contributed by atoms with van der Waals surface area (Å²) < 4.78 is 37.8. The second kappa shape index (κ2) is 11.7. The van der Waals surface area contributed by atoms with Crippen LogP contribution >= 0.6 is 11.6 Å². The van der Waals surface area contributed by atoms with Gasteiger partial charge in [0.15, 0.2) is 11.5 Å². The second-order valence-electron chi connectivity index (χ2n) is 6.72. The average Bonchev–Trinajstić information content (AvgIpc) is 2.74. The zero-order valence-corrected chi connectivity index (χ0v) is 19.3. The van der Waals surface area contributed by atoms with Crippen molar-refractivity contribution in [1.29, 1.82) is 0 Å². The van der Waals surface area contributed by atoms with E-state index in [4.69, 9.17) is 21.1 Å². The van der Waals surface area contributed by atoms with Gasteiger partial charge >= 0.3 is 0 Å². The van der Waals surface area contributed by atoms with Crippen LogP contribution in [0.2, 0.25) is 5.02 Å². The third-order valence-electron chi connectivity index (χ3n) is 4.18. The number of sulfonamides is 1. The number of amides is 1. The van der Waals surface area contributed by atoms with Crippen LogP contribution in [0.5, 0.6) is 11.5 Å². The Morgan fingerprint density at radius 1 is 1.16 bits per heavy atom. The van der Waals surface area contributed by atoms with Crippen molar-refractivity contribution in [3.8, 4) is 11.5 Å². The molecule has 7 nitrogen and oxygen atoms in total. The van der Waals surface area contributed by atoms with E-state index in [9.17, 15) is 13.2 Å². The highest BCUT2D eigenvalue weighted by molar-refractivity contribution is 7.89. The van der Waals surface area contributed by atoms with Gasteiger partial charge in [-0.2, -0.15) is 0 Å². The van der Waals surface area contributed by atoms with E-state index in [0.717, 1.165) is 12.0 Å². The lowest BCUT2D eigenvalue weighted by Gasteiger charge is -2.12. The molecule has 0 bridgehead atoms. The molecule has 2 rings (SSSR count). The summed E-state index contributed by atoms with van der Waals surface area (Å²) in [4.78, 5) is 12.2. The van der Waals surface area contributed by atoms with E-state index in [0.29, 0.717) is 28.7 Å². The van der Waals surface area contributed by atoms with Gasteiger partial charge in [0.05, 0.1) is 23.6 Å². The number of hydrogen-bond donors (Lipinski definition) is 2. The lowest BCUT2D eigenvalue weighted by molar-refractivity contribution is -0.116. The van der Waals surface area contributed by atoms with Gasteiger partial charge in [-0.3, -0.25) is 4.79 Å². The first-order valence-corrected chi connectivity index (χ1v) is 11.7. The summed E-state index contributed by atoms with van der Waals surface area (Å²) in [5, 5.41) is 3.01. The van der Waals surface area contributed by atoms with Crippen LogP contribution in [0.25, 0.3) is 6.08 Å². The molecule has 0 heterocycles. The molecule has 0 aliphatic carbocycles. The van der Waals surface area contributed by atoms with Crippen molar-refractivity contribution >= 4 is 33.6 Å². The number of carbonyl (C=O) groups excluding carboxylic acids is 1. The molecule has 0 aliphatic heterocycles. The molecule has 2 aromatic rings. The molecule has 0 aliphatic rings. The number of ether oxygens (including phenoxy) is 2. The van der Waals surface area contributed by atoms with Crippen molar-refractivity contribution in [2.45, 2.75) is 25.2 Å². The lowest BCUT2D eigenvalue weighted by atomic mass is 10.2. The van der Waals surface area contributed by atoms with Crippen molar-refractivity contribution in [1.82, 2.24) is 10.0 Å². The number of halogens is 1. The molecule has 0 saturated carbocycles. The van der Waals surface area contributed by atoms with Crippen LogP contribution in [0, 0.1) is 6.92 Å². The number of aryl methyl sites for hydroxylation is 1. The predicted molar refractivity (Wildman–Crippen MR) is 122 cm³/mol. The Hall–Kier alpha value is -2.55. The summed E-state index contributed by atoms with van der Waals surface area (Å²) in [6.07, 6.45) is 3.76. The van der Waals surface area contributed by atoms with Crippen LogP contribution in [0.15, 0.2) is 47.4 Å². The summed E-state index contributed by atoms with van der Waals surface area (Å²) in [5.74, 6) is 0.580. The van der Waals surface area contributed by atoms with E-state index >= 15 is 0 Å². The molecule has 0 atom stereocenters. The average molecular weight is 467 g/mol. The molecule has 31 heavy (non-hydrogen) atoms. The smallest absolute Gasteiger partial charge is 0.244 e. The third-order valence-corrected chi connectivity index (χ3v) is 5.93. The van der Waals surface area contributed by atoms with E-state index in [1.54, 1.807) is 30.3 Å². The number of nitrogens with one attached hydrogen (secondary N) is 2. The zero-order valence-electron chi connectivity index (χ0n) is 17.8. The molecule has 1 amide bonds. The van der Waals surface area contributed by atoms with Gasteiger partial charge in [-0.25, -0.2) is 13.1 Å². The number of methoxy groups -OCH3 is 1. The molecule has 0 saturated heterocycles. The quantitative estimate of drug-likeness (QED) is 0.390. The fraction of sp³-hybridized carbons (Fsp3) is 0.318. The molecule has 0 aromatic heterocycles. The number of benzene rings is 2. The van der Waals surface area contributed by atoms with Crippen molar-refractivity contribution in [3.05, 3.63) is 58.6 Å². The normalized spacial score (nSPS) is 11.5. The Kier molecular flexibility index (Phi) is 9.36. The number of hydrogen-bond acceptors (Lipinski definition) is 5. The van der Waals surface area contributed by atoms with Gasteiger partial charge in [-0.1, -0.05) is 36.2 Å². The maximum absolute atomic E-state index is 12.2. The van der Waals surface area contributed by atoms with Crippen LogP contribution in [0.3, 0.4) is 0 Å². The summed E-state index contributed by atoms with van der Waals surface area (Å²) in [5.41, 5.74) is 1.64. The Morgan fingerprint density at radius 2 is 1.87 bits per heavy atom. The Morgan fingerprint density at radius 3 is 2.52 bits per heavy atom. The van der Waals surface area contributed by atoms with Gasteiger partial charge in [0.2, 0.25) is 15.9 Å². The van der Waals surface area contributed by atoms with Crippen molar-refractivity contribution in [2.24, 2.45) is 0 Å². The van der Waals surface area contributed by atoms with Gasteiger partial charge in [0.1, 0.15) is 0 Å². The van der Waals surface area contributed by atoms with Gasteiger partial charge < -0.3 is 14.8 Å². The monoisotopic (exact) mass is 466 g/mol. The second-order valence-corrected chi connectivity index (χ2v) is 8.89. The Balaban J connectivity index is 1.88. The molecule has 0 spiro atoms. The molecule has 0 fully saturated rings. The van der Waals surface area contributed by atoms with Gasteiger partial charge in [0, 0.05) is 19.2 Å². The first-order chi connectivity index (χ1) is 14.8. The van der Waals surface area contributed by atoms with Crippen molar-refractivity contribution in [3.63, 3.8) is 0 Å². The van der Waals surface area contributed by atoms with Crippen LogP contribution in [0.4, 0.5) is 0 Å². The SMILES string of the molecule is CCCOc1c(Cl)cc(/C=C/C(=O)NCCNS(=O)(=O)c2ccc(C)cc2)cc1OC. The highest BCUT2D eigenvalue weighted by Gasteiger charge is 2.13. The molecule has 2 aromatic carbocycles. The highest BCUT2D eigenvalue weighted by atomic mass is 35.5. The zero-order chi connectivity index (χ0) is 22.9. The van der Waals surface area contributed by atoms with Crippen molar-refractivity contribution < 1.29 is 22.7 Å². The summed E-state index contributed by atoms with van der Waals surface area (Å²) in [7, 11) is -2.10. The predicted octanol–water partition coefficient (Wildman–Crippen LogP) is 3.55. The topological polar surface area (TPSA) is 93.7 Å². The molecule has 0 radical (unpaired) electrons. The van der Waals surface area contributed by atoms with E-state index in [-0.39, 0.29) is 23.9 Å². The summed E-state index contributed by atoms with van der Waals surface area (Å²) in [6, 6.07) is 9.93.